The van der Waals surface area contributed by atoms with Gasteiger partial charge in [0, 0.05) is 25.5 Å². The second kappa shape index (κ2) is 5.97. The van der Waals surface area contributed by atoms with Gasteiger partial charge in [0.15, 0.2) is 0 Å². The Balaban J connectivity index is 2.26. The normalized spacial score (nSPS) is 10.3. The monoisotopic (exact) mass is 306 g/mol. The van der Waals surface area contributed by atoms with Crippen LogP contribution in [0.4, 0.5) is 5.69 Å². The number of nitrogens with zero attached hydrogens (tertiary/aromatic N) is 2. The summed E-state index contributed by atoms with van der Waals surface area (Å²) in [7, 11) is 3.28. The first kappa shape index (κ1) is 15.1. The summed E-state index contributed by atoms with van der Waals surface area (Å²) in [6.07, 6.45) is 1.45. The molecule has 2 amide bonds. The Kier molecular flexibility index (Phi) is 4.28. The van der Waals surface area contributed by atoms with E-state index in [2.05, 4.69) is 15.5 Å². The Morgan fingerprint density at radius 1 is 1.29 bits per heavy atom. The molecule has 1 aromatic carbocycles. The topological polar surface area (TPSA) is 78.1 Å². The van der Waals surface area contributed by atoms with Gasteiger partial charge in [-0.15, -0.1) is 0 Å². The van der Waals surface area contributed by atoms with Crippen LogP contribution in [0, 0.1) is 6.92 Å². The van der Waals surface area contributed by atoms with Crippen LogP contribution in [0.3, 0.4) is 0 Å². The summed E-state index contributed by atoms with van der Waals surface area (Å²) in [6.45, 7) is 1.75. The maximum Gasteiger partial charge on any atom is 0.259 e. The van der Waals surface area contributed by atoms with Crippen LogP contribution in [-0.4, -0.2) is 41.0 Å². The zero-order valence-corrected chi connectivity index (χ0v) is 12.7. The zero-order chi connectivity index (χ0) is 15.6. The SMILES string of the molecule is Cc1[nH]ncc1C(=O)Nc1ccc(Cl)c(C(=O)N(C)C)c1. The minimum absolute atomic E-state index is 0.226. The number of benzene rings is 1. The standard InChI is InChI=1S/C14H15ClN4O2/c1-8-11(7-16-18-8)13(20)17-9-4-5-12(15)10(6-9)14(21)19(2)3/h4-7H,1-3H3,(H,16,18)(H,17,20). The third kappa shape index (κ3) is 3.22. The third-order valence-corrected chi connectivity index (χ3v) is 3.26. The van der Waals surface area contributed by atoms with Crippen LogP contribution >= 0.6 is 11.6 Å². The number of aromatic amines is 1. The summed E-state index contributed by atoms with van der Waals surface area (Å²) in [5, 5.41) is 9.55. The molecule has 0 spiro atoms. The van der Waals surface area contributed by atoms with Crippen molar-refractivity contribution in [2.24, 2.45) is 0 Å². The van der Waals surface area contributed by atoms with Gasteiger partial charge in [-0.05, 0) is 25.1 Å². The second-order valence-corrected chi connectivity index (χ2v) is 5.16. The molecule has 0 fully saturated rings. The molecule has 6 nitrogen and oxygen atoms in total. The van der Waals surface area contributed by atoms with E-state index in [9.17, 15) is 9.59 Å². The average molecular weight is 307 g/mol. The van der Waals surface area contributed by atoms with Crippen molar-refractivity contribution in [2.75, 3.05) is 19.4 Å². The van der Waals surface area contributed by atoms with Crippen LogP contribution < -0.4 is 5.32 Å². The Morgan fingerprint density at radius 3 is 2.57 bits per heavy atom. The molecule has 1 heterocycles. The number of halogens is 1. The van der Waals surface area contributed by atoms with Gasteiger partial charge in [0.05, 0.1) is 22.3 Å². The number of aromatic nitrogens is 2. The molecule has 0 bridgehead atoms. The number of nitrogens with one attached hydrogen (secondary N) is 2. The lowest BCUT2D eigenvalue weighted by atomic mass is 10.1. The lowest BCUT2D eigenvalue weighted by Gasteiger charge is -2.13. The van der Waals surface area contributed by atoms with Crippen molar-refractivity contribution in [1.29, 1.82) is 0 Å². The van der Waals surface area contributed by atoms with Crippen molar-refractivity contribution in [1.82, 2.24) is 15.1 Å². The van der Waals surface area contributed by atoms with Crippen LogP contribution in [0.2, 0.25) is 5.02 Å². The van der Waals surface area contributed by atoms with Gasteiger partial charge >= 0.3 is 0 Å². The quantitative estimate of drug-likeness (QED) is 0.913. The highest BCUT2D eigenvalue weighted by atomic mass is 35.5. The molecule has 21 heavy (non-hydrogen) atoms. The second-order valence-electron chi connectivity index (χ2n) is 4.76. The average Bonchev–Trinajstić information content (AvgIpc) is 2.86. The fraction of sp³-hybridized carbons (Fsp3) is 0.214. The minimum atomic E-state index is -0.299. The Labute approximate surface area is 127 Å². The molecule has 2 aromatic rings. The molecule has 0 unspecified atom stereocenters. The van der Waals surface area contributed by atoms with Crippen LogP contribution in [-0.2, 0) is 0 Å². The number of rotatable bonds is 3. The van der Waals surface area contributed by atoms with Gasteiger partial charge in [0.25, 0.3) is 11.8 Å². The molecular weight excluding hydrogens is 292 g/mol. The van der Waals surface area contributed by atoms with Crippen molar-refractivity contribution < 1.29 is 9.59 Å². The molecule has 1 aromatic heterocycles. The molecule has 0 aliphatic rings. The molecule has 0 saturated heterocycles. The fourth-order valence-corrected chi connectivity index (χ4v) is 1.98. The Morgan fingerprint density at radius 2 is 2.00 bits per heavy atom. The molecular formula is C14H15ClN4O2. The van der Waals surface area contributed by atoms with Crippen LogP contribution in [0.1, 0.15) is 26.4 Å². The highest BCUT2D eigenvalue weighted by Gasteiger charge is 2.15. The first-order chi connectivity index (χ1) is 9.90. The number of amides is 2. The molecule has 0 aliphatic heterocycles. The van der Waals surface area contributed by atoms with Crippen molar-refractivity contribution in [2.45, 2.75) is 6.92 Å². The number of carbonyl (C=O) groups is 2. The molecule has 0 radical (unpaired) electrons. The molecule has 0 atom stereocenters. The summed E-state index contributed by atoms with van der Waals surface area (Å²) in [4.78, 5) is 25.5. The van der Waals surface area contributed by atoms with E-state index in [1.807, 2.05) is 0 Å². The van der Waals surface area contributed by atoms with E-state index in [0.717, 1.165) is 0 Å². The molecule has 2 rings (SSSR count). The lowest BCUT2D eigenvalue weighted by molar-refractivity contribution is 0.0827. The Bertz CT molecular complexity index is 694. The highest BCUT2D eigenvalue weighted by Crippen LogP contribution is 2.22. The fourth-order valence-electron chi connectivity index (χ4n) is 1.79. The number of hydrogen-bond acceptors (Lipinski definition) is 3. The van der Waals surface area contributed by atoms with E-state index in [4.69, 9.17) is 11.6 Å². The van der Waals surface area contributed by atoms with Crippen molar-refractivity contribution >= 4 is 29.1 Å². The summed E-state index contributed by atoms with van der Waals surface area (Å²) in [5.74, 6) is -0.526. The number of H-pyrrole nitrogens is 1. The van der Waals surface area contributed by atoms with Crippen molar-refractivity contribution in [3.63, 3.8) is 0 Å². The molecule has 110 valence electrons. The number of hydrogen-bond donors (Lipinski definition) is 2. The largest absolute Gasteiger partial charge is 0.345 e. The number of aryl methyl sites for hydroxylation is 1. The van der Waals surface area contributed by atoms with E-state index < -0.39 is 0 Å². The first-order valence-electron chi connectivity index (χ1n) is 6.22. The van der Waals surface area contributed by atoms with E-state index in [0.29, 0.717) is 27.5 Å². The van der Waals surface area contributed by atoms with E-state index in [-0.39, 0.29) is 11.8 Å². The first-order valence-corrected chi connectivity index (χ1v) is 6.60. The van der Waals surface area contributed by atoms with Gasteiger partial charge in [-0.25, -0.2) is 0 Å². The van der Waals surface area contributed by atoms with E-state index >= 15 is 0 Å². The molecule has 0 aliphatic carbocycles. The molecule has 2 N–H and O–H groups in total. The predicted octanol–water partition coefficient (Wildman–Crippen LogP) is 2.33. The lowest BCUT2D eigenvalue weighted by Crippen LogP contribution is -2.22. The van der Waals surface area contributed by atoms with Crippen LogP contribution in [0.5, 0.6) is 0 Å². The van der Waals surface area contributed by atoms with E-state index in [1.54, 1.807) is 39.2 Å². The minimum Gasteiger partial charge on any atom is -0.345 e. The number of carbonyl (C=O) groups excluding carboxylic acids is 2. The van der Waals surface area contributed by atoms with Gasteiger partial charge < -0.3 is 10.2 Å². The van der Waals surface area contributed by atoms with Gasteiger partial charge in [-0.3, -0.25) is 14.7 Å². The van der Waals surface area contributed by atoms with Gasteiger partial charge in [-0.1, -0.05) is 11.6 Å². The Hall–Kier alpha value is -2.34. The van der Waals surface area contributed by atoms with Gasteiger partial charge in [-0.2, -0.15) is 5.10 Å². The maximum absolute atomic E-state index is 12.1. The molecule has 7 heteroatoms. The highest BCUT2D eigenvalue weighted by molar-refractivity contribution is 6.34. The van der Waals surface area contributed by atoms with Crippen LogP contribution in [0.25, 0.3) is 0 Å². The van der Waals surface area contributed by atoms with Crippen LogP contribution in [0.15, 0.2) is 24.4 Å². The van der Waals surface area contributed by atoms with E-state index in [1.165, 1.54) is 11.1 Å². The van der Waals surface area contributed by atoms with Gasteiger partial charge in [0.1, 0.15) is 0 Å². The van der Waals surface area contributed by atoms with Crippen molar-refractivity contribution in [3.8, 4) is 0 Å². The van der Waals surface area contributed by atoms with Crippen molar-refractivity contribution in [3.05, 3.63) is 46.2 Å². The summed E-state index contributed by atoms with van der Waals surface area (Å²) < 4.78 is 0. The molecule has 0 saturated carbocycles. The summed E-state index contributed by atoms with van der Waals surface area (Å²) in [5.41, 5.74) is 1.95. The smallest absolute Gasteiger partial charge is 0.259 e. The predicted molar refractivity (Wildman–Crippen MR) is 80.7 cm³/mol. The third-order valence-electron chi connectivity index (χ3n) is 2.94. The zero-order valence-electron chi connectivity index (χ0n) is 11.9. The maximum atomic E-state index is 12.1. The summed E-state index contributed by atoms with van der Waals surface area (Å²) >= 11 is 6.02. The number of anilines is 1. The van der Waals surface area contributed by atoms with Gasteiger partial charge in [0.2, 0.25) is 0 Å². The summed E-state index contributed by atoms with van der Waals surface area (Å²) in [6, 6.07) is 4.77.